The van der Waals surface area contributed by atoms with Crippen LogP contribution in [0.5, 0.6) is 28.7 Å². The Kier molecular flexibility index (Phi) is 4.51. The van der Waals surface area contributed by atoms with E-state index in [0.29, 0.717) is 11.1 Å². The zero-order valence-corrected chi connectivity index (χ0v) is 18.4. The van der Waals surface area contributed by atoms with Crippen LogP contribution < -0.4 is 9.47 Å². The molecule has 0 radical (unpaired) electrons. The van der Waals surface area contributed by atoms with Gasteiger partial charge in [-0.15, -0.1) is 0 Å². The fourth-order valence-electron chi connectivity index (χ4n) is 6.09. The molecule has 182 valence electrons. The average molecular weight is 482 g/mol. The highest BCUT2D eigenvalue weighted by Crippen LogP contribution is 2.60. The number of Topliss-reactive ketones (excluding diaryl/α,β-unsaturated/α-hetero) is 2. The van der Waals surface area contributed by atoms with Gasteiger partial charge in [0.1, 0.15) is 22.8 Å². The summed E-state index contributed by atoms with van der Waals surface area (Å²) < 4.78 is 16.7. The lowest BCUT2D eigenvalue weighted by molar-refractivity contribution is -0.204. The molecule has 3 aliphatic carbocycles. The molecule has 10 nitrogen and oxygen atoms in total. The first-order valence-corrected chi connectivity index (χ1v) is 11.1. The van der Waals surface area contributed by atoms with Crippen LogP contribution in [0.4, 0.5) is 0 Å². The Morgan fingerprint density at radius 3 is 2.60 bits per heavy atom. The number of methoxy groups -OCH3 is 1. The van der Waals surface area contributed by atoms with E-state index >= 15 is 0 Å². The van der Waals surface area contributed by atoms with E-state index in [-0.39, 0.29) is 41.1 Å². The molecule has 35 heavy (non-hydrogen) atoms. The Labute approximate surface area is 198 Å². The number of benzene rings is 2. The second-order valence-electron chi connectivity index (χ2n) is 9.35. The minimum Gasteiger partial charge on any atom is -0.508 e. The van der Waals surface area contributed by atoms with Crippen molar-refractivity contribution in [3.8, 4) is 28.7 Å². The van der Waals surface area contributed by atoms with Crippen molar-refractivity contribution in [2.24, 2.45) is 17.8 Å². The predicted molar refractivity (Wildman–Crippen MR) is 116 cm³/mol. The maximum atomic E-state index is 13.6. The first-order valence-electron chi connectivity index (χ1n) is 11.1. The number of hydrogen-bond donors (Lipinski definition) is 5. The number of aliphatic hydroxyl groups excluding tert-OH is 1. The summed E-state index contributed by atoms with van der Waals surface area (Å²) in [5.41, 5.74) is 0.692. The number of hydrogen-bond acceptors (Lipinski definition) is 10. The fourth-order valence-corrected chi connectivity index (χ4v) is 6.09. The number of ether oxygens (including phenoxy) is 3. The van der Waals surface area contributed by atoms with Crippen LogP contribution in [0.15, 0.2) is 42.0 Å². The molecule has 0 spiro atoms. The van der Waals surface area contributed by atoms with Crippen LogP contribution >= 0.6 is 0 Å². The summed E-state index contributed by atoms with van der Waals surface area (Å²) in [6, 6.07) is 6.83. The minimum atomic E-state index is -2.02. The van der Waals surface area contributed by atoms with Gasteiger partial charge in [0.05, 0.1) is 19.6 Å². The van der Waals surface area contributed by atoms with Gasteiger partial charge in [-0.1, -0.05) is 12.1 Å². The van der Waals surface area contributed by atoms with Crippen LogP contribution in [0, 0.1) is 17.8 Å². The van der Waals surface area contributed by atoms with Gasteiger partial charge in [0.2, 0.25) is 11.6 Å². The second-order valence-corrected chi connectivity index (χ2v) is 9.35. The maximum Gasteiger partial charge on any atom is 0.233 e. The van der Waals surface area contributed by atoms with Crippen LogP contribution in [-0.4, -0.2) is 68.8 Å². The number of phenols is 3. The van der Waals surface area contributed by atoms with Crippen molar-refractivity contribution in [2.75, 3.05) is 13.7 Å². The van der Waals surface area contributed by atoms with E-state index in [9.17, 15) is 35.1 Å². The quantitative estimate of drug-likeness (QED) is 0.399. The van der Waals surface area contributed by atoms with E-state index in [0.717, 1.165) is 12.1 Å². The molecule has 10 heteroatoms. The summed E-state index contributed by atoms with van der Waals surface area (Å²) in [6.07, 6.45) is -1.40. The van der Waals surface area contributed by atoms with E-state index in [1.165, 1.54) is 13.2 Å². The molecule has 1 saturated heterocycles. The van der Waals surface area contributed by atoms with Crippen molar-refractivity contribution in [3.63, 3.8) is 0 Å². The van der Waals surface area contributed by atoms with E-state index in [1.54, 1.807) is 18.2 Å². The van der Waals surface area contributed by atoms with Crippen LogP contribution in [0.25, 0.3) is 0 Å². The number of aliphatic hydroxyl groups is 2. The summed E-state index contributed by atoms with van der Waals surface area (Å²) in [7, 11) is 1.40. The summed E-state index contributed by atoms with van der Waals surface area (Å²) in [4.78, 5) is 26.5. The molecule has 0 unspecified atom stereocenters. The second kappa shape index (κ2) is 7.20. The Morgan fingerprint density at radius 2 is 1.86 bits per heavy atom. The lowest BCUT2D eigenvalue weighted by atomic mass is 9.55. The molecule has 5 N–H and O–H groups in total. The van der Waals surface area contributed by atoms with Crippen molar-refractivity contribution < 1.29 is 49.3 Å². The highest BCUT2D eigenvalue weighted by molar-refractivity contribution is 6.06. The van der Waals surface area contributed by atoms with Gasteiger partial charge in [-0.3, -0.25) is 9.59 Å². The van der Waals surface area contributed by atoms with Crippen LogP contribution in [0.2, 0.25) is 0 Å². The fraction of sp³-hybridized carbons (Fsp3) is 0.360. The summed E-state index contributed by atoms with van der Waals surface area (Å²) in [5.74, 6) is -6.90. The number of ketones is 2. The smallest absolute Gasteiger partial charge is 0.233 e. The molecule has 2 aromatic rings. The number of rotatable bonds is 3. The molecule has 7 rings (SSSR count). The topological polar surface area (TPSA) is 163 Å². The molecule has 0 aromatic heterocycles. The van der Waals surface area contributed by atoms with Crippen molar-refractivity contribution >= 4 is 11.6 Å². The zero-order chi connectivity index (χ0) is 24.8. The molecular weight excluding hydrogens is 460 g/mol. The normalized spacial score (nSPS) is 34.9. The Bertz CT molecular complexity index is 1320. The number of carbonyl (C=O) groups is 2. The molecule has 2 fully saturated rings. The number of carbonyl (C=O) groups excluding carboxylic acids is 2. The molecule has 7 atom stereocenters. The van der Waals surface area contributed by atoms with Gasteiger partial charge in [-0.25, -0.2) is 0 Å². The average Bonchev–Trinajstić information content (AvgIpc) is 3.12. The number of phenolic OH excluding ortho intramolecular Hbond substituents is 3. The van der Waals surface area contributed by atoms with E-state index < -0.39 is 53.1 Å². The van der Waals surface area contributed by atoms with Gasteiger partial charge in [-0.2, -0.15) is 0 Å². The molecule has 1 saturated carbocycles. The van der Waals surface area contributed by atoms with Crippen LogP contribution in [-0.2, 0) is 9.53 Å². The first-order chi connectivity index (χ1) is 16.7. The lowest BCUT2D eigenvalue weighted by Crippen LogP contribution is -2.60. The summed E-state index contributed by atoms with van der Waals surface area (Å²) in [6.45, 7) is 0.110. The monoisotopic (exact) mass is 482 g/mol. The van der Waals surface area contributed by atoms with Crippen molar-refractivity contribution in [2.45, 2.75) is 23.9 Å². The lowest BCUT2D eigenvalue weighted by Gasteiger charge is -2.49. The molecule has 0 amide bonds. The van der Waals surface area contributed by atoms with Crippen molar-refractivity contribution in [1.29, 1.82) is 0 Å². The van der Waals surface area contributed by atoms with Gasteiger partial charge in [-0.05, 0) is 23.3 Å². The standard InChI is InChI=1S/C25H22O10/c1-33-16-4-9(2-3-14(16)27)18-12-8-34-25(32)13(12)7-11(19(18)24(25)31)23-22(30)21(29)20-15(28)5-10(26)6-17(20)35-23/h2-7,12-13,18-19,22-23,26-28,30,32H,8H2,1H3/t12-,13-,18-,19+,22-,23+,25+/m0/s1. The van der Waals surface area contributed by atoms with Crippen LogP contribution in [0.1, 0.15) is 21.8 Å². The van der Waals surface area contributed by atoms with Gasteiger partial charge >= 0.3 is 0 Å². The molecular formula is C25H22O10. The molecule has 4 bridgehead atoms. The van der Waals surface area contributed by atoms with E-state index in [1.807, 2.05) is 0 Å². The van der Waals surface area contributed by atoms with Crippen molar-refractivity contribution in [3.05, 3.63) is 53.1 Å². The largest absolute Gasteiger partial charge is 0.508 e. The summed E-state index contributed by atoms with van der Waals surface area (Å²) >= 11 is 0. The Balaban J connectivity index is 1.48. The van der Waals surface area contributed by atoms with Gasteiger partial charge < -0.3 is 39.7 Å². The van der Waals surface area contributed by atoms with Gasteiger partial charge in [0.25, 0.3) is 0 Å². The zero-order valence-electron chi connectivity index (χ0n) is 18.4. The highest BCUT2D eigenvalue weighted by Gasteiger charge is 2.68. The van der Waals surface area contributed by atoms with E-state index in [2.05, 4.69) is 0 Å². The van der Waals surface area contributed by atoms with Crippen molar-refractivity contribution in [1.82, 2.24) is 0 Å². The number of fused-ring (bicyclic) bond motifs is 1. The third-order valence-corrected chi connectivity index (χ3v) is 7.64. The third kappa shape index (κ3) is 2.81. The molecule has 2 aliphatic heterocycles. The highest BCUT2D eigenvalue weighted by atomic mass is 16.6. The van der Waals surface area contributed by atoms with E-state index in [4.69, 9.17) is 14.2 Å². The SMILES string of the molecule is COc1cc([C@@H]2[C@@H]3C(=O)[C@]4(O)OC[C@H]2[C@@H]4C=C3[C@H]2Oc3cc(O)cc(O)c3C(=O)[C@@H]2O)ccc1O. The van der Waals surface area contributed by atoms with Gasteiger partial charge in [0, 0.05) is 29.9 Å². The minimum absolute atomic E-state index is 0.0775. The third-order valence-electron chi connectivity index (χ3n) is 7.64. The molecule has 2 aromatic carbocycles. The predicted octanol–water partition coefficient (Wildman–Crippen LogP) is 0.990. The molecule has 2 heterocycles. The molecule has 5 aliphatic rings. The van der Waals surface area contributed by atoms with Crippen LogP contribution in [0.3, 0.4) is 0 Å². The first kappa shape index (κ1) is 21.9. The Hall–Kier alpha value is -3.60. The van der Waals surface area contributed by atoms with Gasteiger partial charge in [0.15, 0.2) is 29.5 Å². The maximum absolute atomic E-state index is 13.6. The number of aromatic hydroxyl groups is 3. The Morgan fingerprint density at radius 1 is 1.09 bits per heavy atom. The summed E-state index contributed by atoms with van der Waals surface area (Å²) in [5, 5.41) is 52.0.